The fourth-order valence-corrected chi connectivity index (χ4v) is 5.47. The van der Waals surface area contributed by atoms with Crippen molar-refractivity contribution in [3.8, 4) is 29.9 Å². The van der Waals surface area contributed by atoms with E-state index < -0.39 is 5.82 Å². The zero-order chi connectivity index (χ0) is 17.4. The Bertz CT molecular complexity index is 1040. The third-order valence-electron chi connectivity index (χ3n) is 3.76. The number of nitrogens with two attached hydrogens (primary N) is 1. The smallest absolute Gasteiger partial charge is 0.134 e. The lowest BCUT2D eigenvalue weighted by Gasteiger charge is -2.03. The minimum absolute atomic E-state index is 0.138. The molecule has 0 saturated heterocycles. The molecule has 0 fully saturated rings. The highest BCUT2D eigenvalue weighted by atomic mass is 32.1. The molecule has 0 atom stereocenters. The van der Waals surface area contributed by atoms with Crippen LogP contribution in [0.3, 0.4) is 0 Å². The van der Waals surface area contributed by atoms with Crippen LogP contribution in [0.25, 0.3) is 29.9 Å². The molecule has 3 N–H and O–H groups in total. The summed E-state index contributed by atoms with van der Waals surface area (Å²) in [6.45, 7) is 0. The minimum Gasteiger partial charge on any atom is -0.384 e. The van der Waals surface area contributed by atoms with Crippen LogP contribution in [0.5, 0.6) is 0 Å². The van der Waals surface area contributed by atoms with Gasteiger partial charge in [-0.2, -0.15) is 0 Å². The van der Waals surface area contributed by atoms with Crippen molar-refractivity contribution in [3.05, 3.63) is 71.4 Å². The van der Waals surface area contributed by atoms with Crippen LogP contribution < -0.4 is 5.73 Å². The van der Waals surface area contributed by atoms with Crippen molar-refractivity contribution < 1.29 is 4.39 Å². The minimum atomic E-state index is -0.462. The summed E-state index contributed by atoms with van der Waals surface area (Å²) in [5, 5.41) is 9.45. The second kappa shape index (κ2) is 6.55. The van der Waals surface area contributed by atoms with Crippen molar-refractivity contribution in [3.63, 3.8) is 0 Å². The number of benzene rings is 1. The van der Waals surface area contributed by atoms with Gasteiger partial charge in [0.15, 0.2) is 0 Å². The molecule has 4 aromatic rings. The first kappa shape index (κ1) is 16.2. The number of hydrogen-bond donors (Lipinski definition) is 2. The fourth-order valence-electron chi connectivity index (χ4n) is 2.53. The molecule has 0 aliphatic carbocycles. The van der Waals surface area contributed by atoms with E-state index >= 15 is 0 Å². The Balaban J connectivity index is 1.64. The molecule has 0 spiro atoms. The summed E-state index contributed by atoms with van der Waals surface area (Å²) in [6.07, 6.45) is 0. The molecule has 2 nitrogen and oxygen atoms in total. The summed E-state index contributed by atoms with van der Waals surface area (Å²) in [7, 11) is 0. The lowest BCUT2D eigenvalue weighted by Crippen LogP contribution is -2.12. The van der Waals surface area contributed by atoms with Crippen LogP contribution in [-0.4, -0.2) is 5.84 Å². The van der Waals surface area contributed by atoms with Gasteiger partial charge in [-0.3, -0.25) is 5.41 Å². The van der Waals surface area contributed by atoms with Gasteiger partial charge >= 0.3 is 0 Å². The van der Waals surface area contributed by atoms with Crippen LogP contribution in [0.1, 0.15) is 5.56 Å². The summed E-state index contributed by atoms with van der Waals surface area (Å²) in [6, 6.07) is 17.3. The van der Waals surface area contributed by atoms with Gasteiger partial charge in [-0.15, -0.1) is 34.0 Å². The fraction of sp³-hybridized carbons (Fsp3) is 0. The molecule has 0 amide bonds. The van der Waals surface area contributed by atoms with Gasteiger partial charge in [-0.05, 0) is 53.4 Å². The maximum Gasteiger partial charge on any atom is 0.134 e. The number of nitrogen functional groups attached to an aromatic ring is 1. The zero-order valence-electron chi connectivity index (χ0n) is 13.0. The average Bonchev–Trinajstić information content (AvgIpc) is 3.33. The van der Waals surface area contributed by atoms with Crippen molar-refractivity contribution in [1.82, 2.24) is 0 Å². The van der Waals surface area contributed by atoms with Crippen LogP contribution in [0, 0.1) is 11.2 Å². The molecule has 3 aromatic heterocycles. The number of amidine groups is 1. The van der Waals surface area contributed by atoms with Gasteiger partial charge in [0.2, 0.25) is 0 Å². The normalized spacial score (nSPS) is 10.9. The molecule has 6 heteroatoms. The van der Waals surface area contributed by atoms with E-state index in [1.54, 1.807) is 46.1 Å². The van der Waals surface area contributed by atoms with Gasteiger partial charge in [0, 0.05) is 24.4 Å². The van der Waals surface area contributed by atoms with Crippen molar-refractivity contribution >= 4 is 39.8 Å². The molecule has 4 rings (SSSR count). The average molecular weight is 385 g/mol. The van der Waals surface area contributed by atoms with Crippen LogP contribution >= 0.6 is 34.0 Å². The summed E-state index contributed by atoms with van der Waals surface area (Å²) in [5.41, 5.74) is 6.31. The largest absolute Gasteiger partial charge is 0.384 e. The lowest BCUT2D eigenvalue weighted by atomic mass is 10.1. The number of rotatable bonds is 4. The van der Waals surface area contributed by atoms with Crippen LogP contribution in [-0.2, 0) is 0 Å². The van der Waals surface area contributed by atoms with E-state index in [0.717, 1.165) is 10.4 Å². The Morgan fingerprint density at radius 1 is 0.840 bits per heavy atom. The van der Waals surface area contributed by atoms with Crippen molar-refractivity contribution in [2.45, 2.75) is 0 Å². The first-order valence-electron chi connectivity index (χ1n) is 7.50. The summed E-state index contributed by atoms with van der Waals surface area (Å²) < 4.78 is 14.1. The highest BCUT2D eigenvalue weighted by molar-refractivity contribution is 7.27. The van der Waals surface area contributed by atoms with Gasteiger partial charge in [0.05, 0.1) is 5.56 Å². The monoisotopic (exact) mass is 384 g/mol. The molecule has 0 aliphatic rings. The molecule has 0 aliphatic heterocycles. The van der Waals surface area contributed by atoms with Gasteiger partial charge in [0.1, 0.15) is 11.7 Å². The molecule has 0 radical (unpaired) electrons. The maximum atomic E-state index is 14.1. The Labute approximate surface area is 156 Å². The quantitative estimate of drug-likeness (QED) is 0.315. The molecule has 1 aromatic carbocycles. The van der Waals surface area contributed by atoms with E-state index in [-0.39, 0.29) is 11.4 Å². The first-order chi connectivity index (χ1) is 12.1. The van der Waals surface area contributed by atoms with Crippen LogP contribution in [0.4, 0.5) is 4.39 Å². The van der Waals surface area contributed by atoms with E-state index in [1.807, 2.05) is 6.07 Å². The highest BCUT2D eigenvalue weighted by Crippen LogP contribution is 2.41. The third kappa shape index (κ3) is 3.16. The second-order valence-corrected chi connectivity index (χ2v) is 8.53. The molecule has 25 heavy (non-hydrogen) atoms. The van der Waals surface area contributed by atoms with Crippen molar-refractivity contribution in [2.24, 2.45) is 5.73 Å². The SMILES string of the molecule is N=C(N)c1ccc(-c2ccc(-c3ccc(-c4cccs4)s3)s2)cc1F. The standard InChI is InChI=1S/C19H13FN2S3/c20-13-10-11(3-4-12(13)19(21)22)14-5-6-17(24-14)18-8-7-16(25-18)15-2-1-9-23-15/h1-10H,(H3,21,22). The molecule has 124 valence electrons. The number of nitrogens with one attached hydrogen (secondary N) is 1. The van der Waals surface area contributed by atoms with Crippen LogP contribution in [0.2, 0.25) is 0 Å². The number of halogens is 1. The van der Waals surface area contributed by atoms with E-state index in [2.05, 4.69) is 35.7 Å². The first-order valence-corrected chi connectivity index (χ1v) is 10.0. The molecule has 3 heterocycles. The Morgan fingerprint density at radius 3 is 2.08 bits per heavy atom. The number of hydrogen-bond acceptors (Lipinski definition) is 4. The Morgan fingerprint density at radius 2 is 1.48 bits per heavy atom. The van der Waals surface area contributed by atoms with Gasteiger partial charge in [-0.25, -0.2) is 4.39 Å². The molecule has 0 unspecified atom stereocenters. The van der Waals surface area contributed by atoms with E-state index in [1.165, 1.54) is 25.6 Å². The molecule has 0 bridgehead atoms. The highest BCUT2D eigenvalue weighted by Gasteiger charge is 2.11. The van der Waals surface area contributed by atoms with Gasteiger partial charge < -0.3 is 5.73 Å². The number of thiophene rings is 3. The van der Waals surface area contributed by atoms with E-state index in [0.29, 0.717) is 0 Å². The third-order valence-corrected chi connectivity index (χ3v) is 7.24. The summed E-state index contributed by atoms with van der Waals surface area (Å²) >= 11 is 5.14. The van der Waals surface area contributed by atoms with Crippen molar-refractivity contribution in [1.29, 1.82) is 5.41 Å². The zero-order valence-corrected chi connectivity index (χ0v) is 15.4. The molecular formula is C19H13FN2S3. The van der Waals surface area contributed by atoms with Crippen LogP contribution in [0.15, 0.2) is 60.0 Å². The lowest BCUT2D eigenvalue weighted by molar-refractivity contribution is 0.625. The predicted octanol–water partition coefficient (Wildman–Crippen LogP) is 6.30. The van der Waals surface area contributed by atoms with Gasteiger partial charge in [-0.1, -0.05) is 12.1 Å². The summed E-state index contributed by atoms with van der Waals surface area (Å²) in [5.74, 6) is -0.716. The second-order valence-electron chi connectivity index (χ2n) is 5.41. The predicted molar refractivity (Wildman–Crippen MR) is 107 cm³/mol. The van der Waals surface area contributed by atoms with E-state index in [9.17, 15) is 4.39 Å². The topological polar surface area (TPSA) is 49.9 Å². The Hall–Kier alpha value is -2.28. The van der Waals surface area contributed by atoms with Crippen molar-refractivity contribution in [2.75, 3.05) is 0 Å². The maximum absolute atomic E-state index is 14.1. The van der Waals surface area contributed by atoms with Gasteiger partial charge in [0.25, 0.3) is 0 Å². The molecule has 0 saturated carbocycles. The Kier molecular flexibility index (Phi) is 4.25. The molecular weight excluding hydrogens is 371 g/mol. The van der Waals surface area contributed by atoms with E-state index in [4.69, 9.17) is 11.1 Å². The summed E-state index contributed by atoms with van der Waals surface area (Å²) in [4.78, 5) is 5.90.